The number of halogens is 1. The molecule has 0 saturated carbocycles. The Morgan fingerprint density at radius 2 is 1.95 bits per heavy atom. The molecule has 200 valence electrons. The van der Waals surface area contributed by atoms with Gasteiger partial charge in [0, 0.05) is 5.56 Å². The van der Waals surface area contributed by atoms with Crippen molar-refractivity contribution in [3.8, 4) is 17.2 Å². The van der Waals surface area contributed by atoms with Crippen molar-refractivity contribution in [2.24, 2.45) is 4.99 Å². The molecule has 8 nitrogen and oxygen atoms in total. The summed E-state index contributed by atoms with van der Waals surface area (Å²) in [5.74, 6) is 0.333. The summed E-state index contributed by atoms with van der Waals surface area (Å²) in [6.07, 6.45) is 1.60. The number of ether oxygens (including phenoxy) is 3. The van der Waals surface area contributed by atoms with E-state index < -0.39 is 12.0 Å². The molecule has 10 heteroatoms. The number of phenols is 1. The van der Waals surface area contributed by atoms with Crippen LogP contribution in [0, 0.1) is 0 Å². The highest BCUT2D eigenvalue weighted by molar-refractivity contribution is 9.10. The zero-order valence-electron chi connectivity index (χ0n) is 21.8. The van der Waals surface area contributed by atoms with Crippen LogP contribution in [-0.4, -0.2) is 35.0 Å². The molecular weight excluding hydrogens is 572 g/mol. The van der Waals surface area contributed by atoms with Gasteiger partial charge in [-0.2, -0.15) is 0 Å². The molecule has 0 aliphatic carbocycles. The second kappa shape index (κ2) is 11.6. The van der Waals surface area contributed by atoms with E-state index in [1.165, 1.54) is 15.9 Å². The van der Waals surface area contributed by atoms with Gasteiger partial charge in [-0.3, -0.25) is 9.36 Å². The molecule has 1 aliphatic heterocycles. The quantitative estimate of drug-likeness (QED) is 0.383. The Morgan fingerprint density at radius 3 is 2.63 bits per heavy atom. The van der Waals surface area contributed by atoms with Crippen LogP contribution in [0.1, 0.15) is 51.8 Å². The fraction of sp³-hybridized carbons (Fsp3) is 0.321. The number of aromatic nitrogens is 1. The first-order valence-corrected chi connectivity index (χ1v) is 13.9. The topological polar surface area (TPSA) is 99.4 Å². The fourth-order valence-electron chi connectivity index (χ4n) is 4.25. The Kier molecular flexibility index (Phi) is 8.42. The third kappa shape index (κ3) is 5.42. The van der Waals surface area contributed by atoms with Gasteiger partial charge in [-0.05, 0) is 80.4 Å². The van der Waals surface area contributed by atoms with Crippen molar-refractivity contribution in [1.82, 2.24) is 4.57 Å². The van der Waals surface area contributed by atoms with Crippen molar-refractivity contribution >= 4 is 39.3 Å². The van der Waals surface area contributed by atoms with E-state index in [2.05, 4.69) is 20.9 Å². The zero-order chi connectivity index (χ0) is 27.6. The number of benzene rings is 2. The smallest absolute Gasteiger partial charge is 0.338 e. The van der Waals surface area contributed by atoms with Crippen LogP contribution in [0.2, 0.25) is 0 Å². The lowest BCUT2D eigenvalue weighted by atomic mass is 9.95. The molecule has 1 N–H and O–H groups in total. The minimum absolute atomic E-state index is 0.0121. The summed E-state index contributed by atoms with van der Waals surface area (Å²) in [4.78, 5) is 32.2. The molecule has 0 radical (unpaired) electrons. The Balaban J connectivity index is 1.97. The van der Waals surface area contributed by atoms with Gasteiger partial charge in [-0.1, -0.05) is 29.5 Å². The molecule has 38 heavy (non-hydrogen) atoms. The number of rotatable bonds is 8. The molecule has 3 aromatic rings. The molecule has 0 saturated heterocycles. The summed E-state index contributed by atoms with van der Waals surface area (Å²) < 4.78 is 19.4. The van der Waals surface area contributed by atoms with E-state index in [1.54, 1.807) is 32.1 Å². The summed E-state index contributed by atoms with van der Waals surface area (Å²) in [5, 5.41) is 10.3. The van der Waals surface area contributed by atoms with E-state index in [0.29, 0.717) is 48.7 Å². The first-order valence-electron chi connectivity index (χ1n) is 12.3. The SMILES string of the molecule is CCOC(=O)C1=C(C)N=c2s/c(=C\c3cc(Br)c(O)c(OCC)c3)c(=O)n2C1c1ccccc1OC(C)C. The molecule has 1 atom stereocenters. The van der Waals surface area contributed by atoms with E-state index >= 15 is 0 Å². The molecule has 4 rings (SSSR count). The predicted octanol–water partition coefficient (Wildman–Crippen LogP) is 4.45. The van der Waals surface area contributed by atoms with Crippen molar-refractivity contribution in [1.29, 1.82) is 0 Å². The molecular formula is C28H29BrN2O6S. The largest absolute Gasteiger partial charge is 0.503 e. The molecule has 1 unspecified atom stereocenters. The fourth-order valence-corrected chi connectivity index (χ4v) is 5.75. The number of esters is 1. The number of carbonyl (C=O) groups is 1. The third-order valence-corrected chi connectivity index (χ3v) is 7.33. The minimum atomic E-state index is -0.784. The normalized spacial score (nSPS) is 15.3. The van der Waals surface area contributed by atoms with Crippen LogP contribution in [0.5, 0.6) is 17.2 Å². The molecule has 2 heterocycles. The maximum Gasteiger partial charge on any atom is 0.338 e. The maximum absolute atomic E-state index is 13.9. The zero-order valence-corrected chi connectivity index (χ0v) is 24.2. The van der Waals surface area contributed by atoms with Gasteiger partial charge in [0.25, 0.3) is 5.56 Å². The first-order chi connectivity index (χ1) is 18.2. The van der Waals surface area contributed by atoms with Crippen LogP contribution < -0.4 is 24.4 Å². The number of aromatic hydroxyl groups is 1. The van der Waals surface area contributed by atoms with Gasteiger partial charge in [0.05, 0.1) is 39.6 Å². The lowest BCUT2D eigenvalue weighted by Gasteiger charge is -2.26. The van der Waals surface area contributed by atoms with Gasteiger partial charge < -0.3 is 19.3 Å². The number of carbonyl (C=O) groups excluding carboxylic acids is 1. The Bertz CT molecular complexity index is 1590. The second-order valence-corrected chi connectivity index (χ2v) is 10.7. The Hall–Kier alpha value is -3.37. The van der Waals surface area contributed by atoms with Crippen molar-refractivity contribution in [3.63, 3.8) is 0 Å². The summed E-state index contributed by atoms with van der Waals surface area (Å²) in [5.41, 5.74) is 1.78. The van der Waals surface area contributed by atoms with Crippen molar-refractivity contribution < 1.29 is 24.1 Å². The molecule has 1 aliphatic rings. The van der Waals surface area contributed by atoms with Crippen molar-refractivity contribution in [2.75, 3.05) is 13.2 Å². The first kappa shape index (κ1) is 27.7. The predicted molar refractivity (Wildman–Crippen MR) is 150 cm³/mol. The van der Waals surface area contributed by atoms with E-state index in [4.69, 9.17) is 14.2 Å². The number of hydrogen-bond acceptors (Lipinski definition) is 8. The van der Waals surface area contributed by atoms with Gasteiger partial charge >= 0.3 is 5.97 Å². The average molecular weight is 602 g/mol. The summed E-state index contributed by atoms with van der Waals surface area (Å²) in [6, 6.07) is 9.96. The standard InChI is InChI=1S/C28H29BrN2O6S/c1-6-35-21-13-17(12-19(29)25(21)32)14-22-26(33)31-24(18-10-8-9-11-20(18)37-15(3)4)23(27(34)36-7-2)16(5)30-28(31)38-22/h8-15,24,32H,6-7H2,1-5H3/b22-14-. The van der Waals surface area contributed by atoms with E-state index in [9.17, 15) is 14.7 Å². The molecule has 0 bridgehead atoms. The summed E-state index contributed by atoms with van der Waals surface area (Å²) in [7, 11) is 0. The van der Waals surface area contributed by atoms with Gasteiger partial charge in [0.15, 0.2) is 16.3 Å². The summed E-state index contributed by atoms with van der Waals surface area (Å²) >= 11 is 4.57. The van der Waals surface area contributed by atoms with Crippen molar-refractivity contribution in [2.45, 2.75) is 46.8 Å². The van der Waals surface area contributed by atoms with E-state index in [0.717, 1.165) is 0 Å². The van der Waals surface area contributed by atoms with Crippen LogP contribution >= 0.6 is 27.3 Å². The van der Waals surface area contributed by atoms with Gasteiger partial charge in [0.2, 0.25) is 0 Å². The van der Waals surface area contributed by atoms with Gasteiger partial charge in [-0.15, -0.1) is 0 Å². The molecule has 1 aromatic heterocycles. The summed E-state index contributed by atoms with van der Waals surface area (Å²) in [6.45, 7) is 9.70. The second-order valence-electron chi connectivity index (χ2n) is 8.79. The Morgan fingerprint density at radius 1 is 1.21 bits per heavy atom. The lowest BCUT2D eigenvalue weighted by Crippen LogP contribution is -2.40. The highest BCUT2D eigenvalue weighted by atomic mass is 79.9. The van der Waals surface area contributed by atoms with Crippen LogP contribution in [0.3, 0.4) is 0 Å². The third-order valence-electron chi connectivity index (χ3n) is 5.74. The molecule has 0 fully saturated rings. The molecule has 0 spiro atoms. The highest BCUT2D eigenvalue weighted by Gasteiger charge is 2.35. The van der Waals surface area contributed by atoms with E-state index in [-0.39, 0.29) is 29.6 Å². The van der Waals surface area contributed by atoms with Gasteiger partial charge in [-0.25, -0.2) is 9.79 Å². The maximum atomic E-state index is 13.9. The van der Waals surface area contributed by atoms with Crippen LogP contribution in [-0.2, 0) is 9.53 Å². The number of hydrogen-bond donors (Lipinski definition) is 1. The van der Waals surface area contributed by atoms with Crippen molar-refractivity contribution in [3.05, 3.63) is 83.0 Å². The average Bonchev–Trinajstić information content (AvgIpc) is 3.16. The number of allylic oxidation sites excluding steroid dienone is 1. The Labute approximate surface area is 232 Å². The number of phenolic OH excluding ortho intramolecular Hbond substituents is 1. The number of fused-ring (bicyclic) bond motifs is 1. The van der Waals surface area contributed by atoms with Gasteiger partial charge in [0.1, 0.15) is 11.8 Å². The monoisotopic (exact) mass is 600 g/mol. The number of nitrogens with zero attached hydrogens (tertiary/aromatic N) is 2. The number of thiazole rings is 1. The minimum Gasteiger partial charge on any atom is -0.503 e. The van der Waals surface area contributed by atoms with E-state index in [1.807, 2.05) is 45.0 Å². The highest BCUT2D eigenvalue weighted by Crippen LogP contribution is 2.37. The molecule has 0 amide bonds. The van der Waals surface area contributed by atoms with Crippen LogP contribution in [0.4, 0.5) is 0 Å². The van der Waals surface area contributed by atoms with Crippen LogP contribution in [0.15, 0.2) is 61.9 Å². The lowest BCUT2D eigenvalue weighted by molar-refractivity contribution is -0.139. The van der Waals surface area contributed by atoms with Crippen LogP contribution in [0.25, 0.3) is 6.08 Å². The number of para-hydroxylation sites is 1. The molecule has 2 aromatic carbocycles.